The highest BCUT2D eigenvalue weighted by molar-refractivity contribution is 5.91. The number of rotatable bonds is 5. The van der Waals surface area contributed by atoms with Gasteiger partial charge in [-0.1, -0.05) is 0 Å². The molecule has 0 N–H and O–H groups in total. The Morgan fingerprint density at radius 2 is 1.55 bits per heavy atom. The number of esters is 1. The second-order valence-electron chi connectivity index (χ2n) is 8.08. The zero-order chi connectivity index (χ0) is 20.8. The van der Waals surface area contributed by atoms with Crippen molar-refractivity contribution in [3.8, 4) is 17.2 Å². The highest BCUT2D eigenvalue weighted by Gasteiger charge is 2.57. The Morgan fingerprint density at radius 3 is 2.07 bits per heavy atom. The molecule has 2 unspecified atom stereocenters. The zero-order valence-corrected chi connectivity index (χ0v) is 16.7. The lowest BCUT2D eigenvalue weighted by Crippen LogP contribution is -2.57. The van der Waals surface area contributed by atoms with E-state index in [-0.39, 0.29) is 34.6 Å². The molecular weight excluding hydrogens is 380 g/mol. The molecule has 0 saturated heterocycles. The average molecular weight is 404 g/mol. The SMILES string of the molecule is COC(=O)c1cc(OC)c(OC(=O)OC23CC4CC(C2)C(=O)C(C4)C3)c(OC)c1. The molecule has 4 aliphatic rings. The second kappa shape index (κ2) is 7.24. The number of carbonyl (C=O) groups is 3. The smallest absolute Gasteiger partial charge is 0.493 e. The third kappa shape index (κ3) is 3.41. The Kier molecular flexibility index (Phi) is 4.88. The number of benzene rings is 1. The first-order valence-corrected chi connectivity index (χ1v) is 9.67. The van der Waals surface area contributed by atoms with E-state index in [1.165, 1.54) is 33.5 Å². The molecule has 5 rings (SSSR count). The van der Waals surface area contributed by atoms with Crippen molar-refractivity contribution in [3.63, 3.8) is 0 Å². The van der Waals surface area contributed by atoms with E-state index in [1.54, 1.807) is 0 Å². The van der Waals surface area contributed by atoms with E-state index in [9.17, 15) is 14.4 Å². The van der Waals surface area contributed by atoms with E-state index in [1.807, 2.05) is 0 Å². The first-order valence-electron chi connectivity index (χ1n) is 9.67. The molecule has 0 aromatic heterocycles. The molecule has 4 aliphatic carbocycles. The van der Waals surface area contributed by atoms with Gasteiger partial charge in [-0.3, -0.25) is 4.79 Å². The summed E-state index contributed by atoms with van der Waals surface area (Å²) in [6, 6.07) is 2.81. The number of carbonyl (C=O) groups excluding carboxylic acids is 3. The summed E-state index contributed by atoms with van der Waals surface area (Å²) < 4.78 is 26.5. The van der Waals surface area contributed by atoms with Crippen LogP contribution in [0.5, 0.6) is 17.2 Å². The van der Waals surface area contributed by atoms with E-state index in [0.29, 0.717) is 24.5 Å². The molecule has 0 aliphatic heterocycles. The van der Waals surface area contributed by atoms with Crippen LogP contribution < -0.4 is 14.2 Å². The van der Waals surface area contributed by atoms with Crippen LogP contribution in [0.4, 0.5) is 4.79 Å². The monoisotopic (exact) mass is 404 g/mol. The second-order valence-corrected chi connectivity index (χ2v) is 8.08. The van der Waals surface area contributed by atoms with Crippen LogP contribution in [0.2, 0.25) is 0 Å². The van der Waals surface area contributed by atoms with Gasteiger partial charge in [0.2, 0.25) is 5.75 Å². The van der Waals surface area contributed by atoms with Gasteiger partial charge >= 0.3 is 12.1 Å². The highest BCUT2D eigenvalue weighted by Crippen LogP contribution is 2.55. The third-order valence-corrected chi connectivity index (χ3v) is 6.30. The van der Waals surface area contributed by atoms with E-state index < -0.39 is 17.7 Å². The van der Waals surface area contributed by atoms with Crippen molar-refractivity contribution in [2.75, 3.05) is 21.3 Å². The van der Waals surface area contributed by atoms with Crippen LogP contribution in [0.3, 0.4) is 0 Å². The molecule has 4 bridgehead atoms. The quantitative estimate of drug-likeness (QED) is 0.545. The molecule has 0 radical (unpaired) electrons. The van der Waals surface area contributed by atoms with E-state index in [4.69, 9.17) is 23.7 Å². The lowest BCUT2D eigenvalue weighted by Gasteiger charge is -2.54. The largest absolute Gasteiger partial charge is 0.514 e. The maximum Gasteiger partial charge on any atom is 0.514 e. The van der Waals surface area contributed by atoms with Crippen molar-refractivity contribution in [2.45, 2.75) is 37.7 Å². The summed E-state index contributed by atoms with van der Waals surface area (Å²) in [6.45, 7) is 0. The number of ether oxygens (including phenoxy) is 5. The Balaban J connectivity index is 1.54. The molecule has 29 heavy (non-hydrogen) atoms. The van der Waals surface area contributed by atoms with Gasteiger partial charge in [0.25, 0.3) is 0 Å². The maximum absolute atomic E-state index is 12.7. The average Bonchev–Trinajstić information content (AvgIpc) is 2.70. The fourth-order valence-corrected chi connectivity index (χ4v) is 5.30. The Hall–Kier alpha value is -2.77. The fourth-order valence-electron chi connectivity index (χ4n) is 5.30. The number of ketones is 1. The molecular formula is C21H24O8. The summed E-state index contributed by atoms with van der Waals surface area (Å²) in [5, 5.41) is 0. The first-order chi connectivity index (χ1) is 13.9. The Labute approximate surface area is 168 Å². The molecule has 1 aromatic rings. The first kappa shape index (κ1) is 19.5. The summed E-state index contributed by atoms with van der Waals surface area (Å²) in [6.07, 6.45) is 2.80. The molecule has 8 heteroatoms. The van der Waals surface area contributed by atoms with Crippen molar-refractivity contribution in [2.24, 2.45) is 17.8 Å². The van der Waals surface area contributed by atoms with Crippen molar-refractivity contribution in [3.05, 3.63) is 17.7 Å². The minimum absolute atomic E-state index is 0.0162. The molecule has 156 valence electrons. The molecule has 4 fully saturated rings. The van der Waals surface area contributed by atoms with Crippen molar-refractivity contribution in [1.29, 1.82) is 0 Å². The van der Waals surface area contributed by atoms with Crippen LogP contribution in [0.25, 0.3) is 0 Å². The number of Topliss-reactive ketones (excluding diaryl/α,β-unsaturated/α-hetero) is 1. The predicted octanol–water partition coefficient (Wildman–Crippen LogP) is 3.15. The van der Waals surface area contributed by atoms with Crippen molar-refractivity contribution < 1.29 is 38.1 Å². The lowest BCUT2D eigenvalue weighted by molar-refractivity contribution is -0.164. The van der Waals surface area contributed by atoms with Crippen LogP contribution in [0, 0.1) is 17.8 Å². The predicted molar refractivity (Wildman–Crippen MR) is 99.3 cm³/mol. The van der Waals surface area contributed by atoms with Gasteiger partial charge in [-0.25, -0.2) is 9.59 Å². The highest BCUT2D eigenvalue weighted by atomic mass is 16.7. The van der Waals surface area contributed by atoms with Gasteiger partial charge in [0.1, 0.15) is 11.4 Å². The van der Waals surface area contributed by atoms with Gasteiger partial charge < -0.3 is 23.7 Å². The normalized spacial score (nSPS) is 29.3. The zero-order valence-electron chi connectivity index (χ0n) is 16.7. The Bertz CT molecular complexity index is 817. The number of hydrogen-bond donors (Lipinski definition) is 0. The minimum Gasteiger partial charge on any atom is -0.493 e. The van der Waals surface area contributed by atoms with Crippen LogP contribution >= 0.6 is 0 Å². The van der Waals surface area contributed by atoms with E-state index >= 15 is 0 Å². The Morgan fingerprint density at radius 1 is 0.966 bits per heavy atom. The van der Waals surface area contributed by atoms with Gasteiger partial charge in [-0.05, 0) is 50.2 Å². The van der Waals surface area contributed by atoms with Crippen LogP contribution in [0.15, 0.2) is 12.1 Å². The molecule has 0 heterocycles. The van der Waals surface area contributed by atoms with E-state index in [0.717, 1.165) is 19.3 Å². The number of methoxy groups -OCH3 is 3. The summed E-state index contributed by atoms with van der Waals surface area (Å²) in [5.41, 5.74) is -0.449. The molecule has 1 aromatic carbocycles. The van der Waals surface area contributed by atoms with Gasteiger partial charge in [0.15, 0.2) is 11.5 Å². The van der Waals surface area contributed by atoms with Gasteiger partial charge in [0.05, 0.1) is 26.9 Å². The van der Waals surface area contributed by atoms with Crippen molar-refractivity contribution >= 4 is 17.9 Å². The van der Waals surface area contributed by atoms with Crippen LogP contribution in [0.1, 0.15) is 42.5 Å². The molecule has 2 atom stereocenters. The molecule has 8 nitrogen and oxygen atoms in total. The molecule has 4 saturated carbocycles. The summed E-state index contributed by atoms with van der Waals surface area (Å²) in [7, 11) is 4.04. The molecule has 0 amide bonds. The van der Waals surface area contributed by atoms with Crippen LogP contribution in [-0.2, 0) is 14.3 Å². The van der Waals surface area contributed by atoms with Crippen LogP contribution in [-0.4, -0.2) is 44.8 Å². The number of hydrogen-bond acceptors (Lipinski definition) is 8. The minimum atomic E-state index is -0.873. The topological polar surface area (TPSA) is 97.4 Å². The van der Waals surface area contributed by atoms with Gasteiger partial charge in [0, 0.05) is 11.8 Å². The lowest BCUT2D eigenvalue weighted by atomic mass is 9.53. The third-order valence-electron chi connectivity index (χ3n) is 6.30. The molecule has 0 spiro atoms. The maximum atomic E-state index is 12.7. The van der Waals surface area contributed by atoms with E-state index in [2.05, 4.69) is 0 Å². The van der Waals surface area contributed by atoms with Gasteiger partial charge in [-0.2, -0.15) is 0 Å². The summed E-state index contributed by atoms with van der Waals surface area (Å²) >= 11 is 0. The summed E-state index contributed by atoms with van der Waals surface area (Å²) in [4.78, 5) is 36.8. The fraction of sp³-hybridized carbons (Fsp3) is 0.571. The van der Waals surface area contributed by atoms with Gasteiger partial charge in [-0.15, -0.1) is 0 Å². The van der Waals surface area contributed by atoms with Crippen molar-refractivity contribution in [1.82, 2.24) is 0 Å². The summed E-state index contributed by atoms with van der Waals surface area (Å²) in [5.74, 6) is 0.429. The standard InChI is InChI=1S/C21H24O8/c1-25-15-6-12(19(23)27-3)7-16(26-2)18(15)28-20(24)29-21-8-11-4-13(9-21)17(22)14(5-11)10-21/h6-7,11,13-14H,4-5,8-10H2,1-3H3.